The molecule has 10 heteroatoms. The van der Waals surface area contributed by atoms with Crippen LogP contribution in [0, 0.1) is 6.92 Å². The molecule has 1 aliphatic rings. The highest BCUT2D eigenvalue weighted by Crippen LogP contribution is 2.39. The van der Waals surface area contributed by atoms with Crippen molar-refractivity contribution >= 4 is 29.1 Å². The molecule has 37 heavy (non-hydrogen) atoms. The monoisotopic (exact) mass is 516 g/mol. The van der Waals surface area contributed by atoms with E-state index in [1.807, 2.05) is 80.6 Å². The molecule has 5 rings (SSSR count). The van der Waals surface area contributed by atoms with Gasteiger partial charge in [-0.1, -0.05) is 59.2 Å². The van der Waals surface area contributed by atoms with Gasteiger partial charge < -0.3 is 20.1 Å². The van der Waals surface area contributed by atoms with E-state index in [0.29, 0.717) is 33.7 Å². The number of methoxy groups -OCH3 is 1. The van der Waals surface area contributed by atoms with Gasteiger partial charge in [0.25, 0.3) is 5.91 Å². The summed E-state index contributed by atoms with van der Waals surface area (Å²) in [7, 11) is 1.57. The van der Waals surface area contributed by atoms with Gasteiger partial charge in [0.15, 0.2) is 11.5 Å². The molecule has 1 amide bonds. The Labute approximate surface area is 219 Å². The Hall–Kier alpha value is -4.37. The number of aryl methyl sites for hydroxylation is 1. The van der Waals surface area contributed by atoms with Crippen LogP contribution in [0.5, 0.6) is 11.5 Å². The van der Waals surface area contributed by atoms with Gasteiger partial charge in [-0.3, -0.25) is 4.79 Å². The highest BCUT2D eigenvalue weighted by Gasteiger charge is 2.34. The zero-order valence-corrected chi connectivity index (χ0v) is 21.3. The number of benzene rings is 3. The quantitative estimate of drug-likeness (QED) is 0.350. The maximum atomic E-state index is 13.6. The van der Waals surface area contributed by atoms with E-state index in [2.05, 4.69) is 26.2 Å². The van der Waals surface area contributed by atoms with Crippen LogP contribution >= 0.6 is 11.6 Å². The molecule has 0 fully saturated rings. The number of hydrogen-bond donors (Lipinski definition) is 2. The van der Waals surface area contributed by atoms with Crippen LogP contribution in [0.15, 0.2) is 78.0 Å². The van der Waals surface area contributed by atoms with E-state index in [9.17, 15) is 4.79 Å². The number of fused-ring (bicyclic) bond motifs is 1. The number of ether oxygens (including phenoxy) is 2. The van der Waals surface area contributed by atoms with Crippen LogP contribution in [0.1, 0.15) is 29.7 Å². The molecule has 188 valence electrons. The smallest absolute Gasteiger partial charge is 0.255 e. The van der Waals surface area contributed by atoms with Gasteiger partial charge in [0.05, 0.1) is 12.7 Å². The van der Waals surface area contributed by atoms with Gasteiger partial charge in [-0.15, -0.1) is 0 Å². The molecule has 1 aromatic heterocycles. The molecule has 1 atom stereocenters. The fraction of sp³-hybridized carbons (Fsp3) is 0.185. The molecule has 0 radical (unpaired) electrons. The van der Waals surface area contributed by atoms with Crippen molar-refractivity contribution in [3.8, 4) is 11.5 Å². The second kappa shape index (κ2) is 10.3. The zero-order valence-electron chi connectivity index (χ0n) is 20.5. The summed E-state index contributed by atoms with van der Waals surface area (Å²) in [6.45, 7) is 4.05. The van der Waals surface area contributed by atoms with E-state index in [4.69, 9.17) is 21.1 Å². The topological polar surface area (TPSA) is 103 Å². The molecule has 1 aliphatic heterocycles. The van der Waals surface area contributed by atoms with Crippen LogP contribution in [0.3, 0.4) is 0 Å². The summed E-state index contributed by atoms with van der Waals surface area (Å²) < 4.78 is 13.2. The van der Waals surface area contributed by atoms with Crippen LogP contribution in [0.2, 0.25) is 5.02 Å². The van der Waals surface area contributed by atoms with Crippen molar-refractivity contribution in [2.75, 3.05) is 17.7 Å². The summed E-state index contributed by atoms with van der Waals surface area (Å²) in [5.74, 6) is 1.23. The predicted molar refractivity (Wildman–Crippen MR) is 141 cm³/mol. The highest BCUT2D eigenvalue weighted by molar-refractivity contribution is 6.31. The fourth-order valence-electron chi connectivity index (χ4n) is 4.26. The average molecular weight is 517 g/mol. The first-order valence-electron chi connectivity index (χ1n) is 11.6. The van der Waals surface area contributed by atoms with Gasteiger partial charge in [0.2, 0.25) is 5.95 Å². The van der Waals surface area contributed by atoms with E-state index in [-0.39, 0.29) is 12.5 Å². The molecular weight excluding hydrogens is 492 g/mol. The van der Waals surface area contributed by atoms with Crippen molar-refractivity contribution in [1.82, 2.24) is 20.2 Å². The third-order valence-electron chi connectivity index (χ3n) is 6.20. The first-order chi connectivity index (χ1) is 18.0. The van der Waals surface area contributed by atoms with E-state index >= 15 is 0 Å². The summed E-state index contributed by atoms with van der Waals surface area (Å²) in [6, 6.07) is 20.0. The number of para-hydroxylation sites is 1. The molecule has 0 spiro atoms. The van der Waals surface area contributed by atoms with Crippen molar-refractivity contribution in [3.05, 3.63) is 99.7 Å². The van der Waals surface area contributed by atoms with Gasteiger partial charge in [0.1, 0.15) is 12.6 Å². The number of nitrogens with one attached hydrogen (secondary N) is 2. The lowest BCUT2D eigenvalue weighted by molar-refractivity contribution is -0.113. The zero-order chi connectivity index (χ0) is 25.9. The van der Waals surface area contributed by atoms with E-state index < -0.39 is 6.04 Å². The van der Waals surface area contributed by atoms with Crippen LogP contribution in [0.4, 0.5) is 11.6 Å². The summed E-state index contributed by atoms with van der Waals surface area (Å²) in [4.78, 5) is 13.6. The maximum Gasteiger partial charge on any atom is 0.255 e. The summed E-state index contributed by atoms with van der Waals surface area (Å²) in [6.07, 6.45) is 0. The Morgan fingerprint density at radius 2 is 1.86 bits per heavy atom. The molecule has 0 aliphatic carbocycles. The maximum absolute atomic E-state index is 13.6. The minimum Gasteiger partial charge on any atom is -0.493 e. The average Bonchev–Trinajstić information content (AvgIpc) is 3.36. The lowest BCUT2D eigenvalue weighted by atomic mass is 9.94. The lowest BCUT2D eigenvalue weighted by Gasteiger charge is -2.28. The Morgan fingerprint density at radius 3 is 2.65 bits per heavy atom. The summed E-state index contributed by atoms with van der Waals surface area (Å²) in [5, 5.41) is 18.8. The number of carbonyl (C=O) groups is 1. The van der Waals surface area contributed by atoms with Gasteiger partial charge in [-0.2, -0.15) is 4.68 Å². The number of anilines is 2. The predicted octanol–water partition coefficient (Wildman–Crippen LogP) is 5.15. The number of aromatic nitrogens is 4. The molecule has 0 bridgehead atoms. The van der Waals surface area contributed by atoms with Crippen molar-refractivity contribution in [2.45, 2.75) is 26.5 Å². The Bertz CT molecular complexity index is 1500. The Morgan fingerprint density at radius 1 is 1.08 bits per heavy atom. The standard InChI is InChI=1S/C27H25ClN6O3/c1-16-8-4-7-11-21(16)30-26(35)24-17(2)29-27-31-32-33-34(27)25(24)18-12-13-22(23(14-18)36-3)37-15-19-9-5-6-10-20(19)28/h4-14,25H,15H2,1-3H3,(H,30,35)(H,29,31,33). The normalized spacial score (nSPS) is 14.5. The van der Waals surface area contributed by atoms with Crippen molar-refractivity contribution in [2.24, 2.45) is 0 Å². The number of carbonyl (C=O) groups excluding carboxylic acids is 1. The third-order valence-corrected chi connectivity index (χ3v) is 6.57. The number of tetrazole rings is 1. The van der Waals surface area contributed by atoms with Crippen molar-refractivity contribution in [1.29, 1.82) is 0 Å². The van der Waals surface area contributed by atoms with Gasteiger partial charge in [-0.05, 0) is 59.7 Å². The second-order valence-electron chi connectivity index (χ2n) is 8.57. The molecule has 4 aromatic rings. The molecule has 0 saturated heterocycles. The Balaban J connectivity index is 1.49. The number of nitrogens with zero attached hydrogens (tertiary/aromatic N) is 4. The van der Waals surface area contributed by atoms with Crippen LogP contribution in [-0.4, -0.2) is 33.2 Å². The lowest BCUT2D eigenvalue weighted by Crippen LogP contribution is -2.31. The first-order valence-corrected chi connectivity index (χ1v) is 12.0. The summed E-state index contributed by atoms with van der Waals surface area (Å²) in [5.41, 5.74) is 4.44. The number of hydrogen-bond acceptors (Lipinski definition) is 7. The van der Waals surface area contributed by atoms with Crippen molar-refractivity contribution < 1.29 is 14.3 Å². The number of halogens is 1. The molecule has 9 nitrogen and oxygen atoms in total. The van der Waals surface area contributed by atoms with Gasteiger partial charge >= 0.3 is 0 Å². The van der Waals surface area contributed by atoms with Crippen LogP contribution in [-0.2, 0) is 11.4 Å². The molecule has 2 heterocycles. The van der Waals surface area contributed by atoms with Crippen LogP contribution in [0.25, 0.3) is 0 Å². The molecule has 1 unspecified atom stereocenters. The minimum atomic E-state index is -0.596. The van der Waals surface area contributed by atoms with E-state index in [0.717, 1.165) is 22.4 Å². The number of amides is 1. The van der Waals surface area contributed by atoms with E-state index in [1.54, 1.807) is 11.8 Å². The third kappa shape index (κ3) is 4.85. The molecule has 2 N–H and O–H groups in total. The first kappa shape index (κ1) is 24.3. The van der Waals surface area contributed by atoms with Crippen molar-refractivity contribution in [3.63, 3.8) is 0 Å². The van der Waals surface area contributed by atoms with E-state index in [1.165, 1.54) is 0 Å². The highest BCUT2D eigenvalue weighted by atomic mass is 35.5. The largest absolute Gasteiger partial charge is 0.493 e. The SMILES string of the molecule is COc1cc(C2C(C(=O)Nc3ccccc3C)=C(C)Nc3nnnn32)ccc1OCc1ccccc1Cl. The van der Waals surface area contributed by atoms with Gasteiger partial charge in [0, 0.05) is 22.0 Å². The molecular formula is C27H25ClN6O3. The minimum absolute atomic E-state index is 0.261. The number of allylic oxidation sites excluding steroid dienone is 1. The van der Waals surface area contributed by atoms with Crippen LogP contribution < -0.4 is 20.1 Å². The molecule has 3 aromatic carbocycles. The number of rotatable bonds is 7. The Kier molecular flexibility index (Phi) is 6.78. The summed E-state index contributed by atoms with van der Waals surface area (Å²) >= 11 is 6.27. The fourth-order valence-corrected chi connectivity index (χ4v) is 4.45. The second-order valence-corrected chi connectivity index (χ2v) is 8.98. The molecule has 0 saturated carbocycles. The van der Waals surface area contributed by atoms with Gasteiger partial charge in [-0.25, -0.2) is 0 Å².